The van der Waals surface area contributed by atoms with Crippen LogP contribution >= 0.6 is 0 Å². The second kappa shape index (κ2) is 6.05. The van der Waals surface area contributed by atoms with Gasteiger partial charge < -0.3 is 10.6 Å². The second-order valence-corrected chi connectivity index (χ2v) is 5.30. The van der Waals surface area contributed by atoms with Crippen LogP contribution < -0.4 is 10.6 Å². The molecule has 1 fully saturated rings. The third kappa shape index (κ3) is 3.11. The summed E-state index contributed by atoms with van der Waals surface area (Å²) in [4.78, 5) is 12.1. The molecule has 2 aromatic rings. The van der Waals surface area contributed by atoms with E-state index in [-0.39, 0.29) is 18.4 Å². The molecule has 0 bridgehead atoms. The summed E-state index contributed by atoms with van der Waals surface area (Å²) in [6.45, 7) is 3.75. The van der Waals surface area contributed by atoms with Crippen LogP contribution in [0.4, 0.5) is 0 Å². The smallest absolute Gasteiger partial charge is 0.226 e. The Morgan fingerprint density at radius 2 is 2.24 bits per heavy atom. The van der Waals surface area contributed by atoms with Gasteiger partial charge in [-0.05, 0) is 32.0 Å². The molecule has 0 aliphatic carbocycles. The summed E-state index contributed by atoms with van der Waals surface area (Å²) in [6, 6.07) is 10.0. The lowest BCUT2D eigenvalue weighted by Gasteiger charge is -2.10. The lowest BCUT2D eigenvalue weighted by molar-refractivity contribution is -0.121. The van der Waals surface area contributed by atoms with Crippen LogP contribution in [0, 0.1) is 6.92 Å². The Labute approximate surface area is 123 Å². The molecule has 1 aromatic carbocycles. The normalized spacial score (nSPS) is 17.9. The van der Waals surface area contributed by atoms with Crippen molar-refractivity contribution < 1.29 is 4.79 Å². The van der Waals surface area contributed by atoms with Crippen LogP contribution in [0.15, 0.2) is 30.3 Å². The van der Waals surface area contributed by atoms with Crippen molar-refractivity contribution in [2.24, 2.45) is 0 Å². The first-order valence-corrected chi connectivity index (χ1v) is 7.21. The third-order valence-electron chi connectivity index (χ3n) is 3.74. The summed E-state index contributed by atoms with van der Waals surface area (Å²) >= 11 is 0. The number of carbonyl (C=O) groups is 1. The number of benzene rings is 1. The molecule has 1 amide bonds. The van der Waals surface area contributed by atoms with Crippen molar-refractivity contribution in [1.29, 1.82) is 0 Å². The van der Waals surface area contributed by atoms with Crippen molar-refractivity contribution in [3.63, 3.8) is 0 Å². The van der Waals surface area contributed by atoms with E-state index >= 15 is 0 Å². The van der Waals surface area contributed by atoms with E-state index in [0.29, 0.717) is 0 Å². The second-order valence-electron chi connectivity index (χ2n) is 5.30. The highest BCUT2D eigenvalue weighted by atomic mass is 16.1. The summed E-state index contributed by atoms with van der Waals surface area (Å²) in [5.41, 5.74) is 2.58. The predicted molar refractivity (Wildman–Crippen MR) is 79.2 cm³/mol. The first-order valence-electron chi connectivity index (χ1n) is 7.21. The molecule has 3 rings (SSSR count). The number of hydrogen-bond acceptors (Lipinski definition) is 4. The Balaban J connectivity index is 1.69. The van der Waals surface area contributed by atoms with Crippen LogP contribution in [0.1, 0.15) is 17.8 Å². The number of carbonyl (C=O) groups excluding carboxylic acids is 1. The Morgan fingerprint density at radius 3 is 2.95 bits per heavy atom. The maximum absolute atomic E-state index is 12.1. The molecule has 1 unspecified atom stereocenters. The highest BCUT2D eigenvalue weighted by molar-refractivity contribution is 5.78. The Kier molecular flexibility index (Phi) is 3.96. The first kappa shape index (κ1) is 13.8. The average molecular weight is 285 g/mol. The van der Waals surface area contributed by atoms with Gasteiger partial charge in [0.1, 0.15) is 0 Å². The minimum Gasteiger partial charge on any atom is -0.352 e. The number of aromatic nitrogens is 3. The van der Waals surface area contributed by atoms with E-state index < -0.39 is 0 Å². The molecule has 6 heteroatoms. The van der Waals surface area contributed by atoms with E-state index in [1.807, 2.05) is 37.3 Å². The monoisotopic (exact) mass is 285 g/mol. The number of amides is 1. The van der Waals surface area contributed by atoms with Gasteiger partial charge in [0.05, 0.1) is 23.5 Å². The third-order valence-corrected chi connectivity index (χ3v) is 3.74. The quantitative estimate of drug-likeness (QED) is 0.863. The average Bonchev–Trinajstić information content (AvgIpc) is 3.11. The minimum absolute atomic E-state index is 0.00640. The van der Waals surface area contributed by atoms with Crippen molar-refractivity contribution in [2.45, 2.75) is 25.8 Å². The molecule has 2 heterocycles. The fourth-order valence-corrected chi connectivity index (χ4v) is 2.55. The van der Waals surface area contributed by atoms with Crippen LogP contribution in [-0.4, -0.2) is 40.0 Å². The van der Waals surface area contributed by atoms with Gasteiger partial charge in [0.25, 0.3) is 0 Å². The zero-order chi connectivity index (χ0) is 14.7. The molecular formula is C15H19N5O. The van der Waals surface area contributed by atoms with Gasteiger partial charge in [-0.3, -0.25) is 4.79 Å². The van der Waals surface area contributed by atoms with Gasteiger partial charge in [0, 0.05) is 12.6 Å². The zero-order valence-corrected chi connectivity index (χ0v) is 12.0. The fourth-order valence-electron chi connectivity index (χ4n) is 2.55. The van der Waals surface area contributed by atoms with E-state index in [1.165, 1.54) is 0 Å². The summed E-state index contributed by atoms with van der Waals surface area (Å²) < 4.78 is 1.76. The van der Waals surface area contributed by atoms with Gasteiger partial charge in [-0.1, -0.05) is 23.4 Å². The Bertz CT molecular complexity index is 616. The summed E-state index contributed by atoms with van der Waals surface area (Å²) in [6.07, 6.45) is 1.26. The number of nitrogens with one attached hydrogen (secondary N) is 2. The molecule has 1 aliphatic rings. The van der Waals surface area contributed by atoms with Crippen LogP contribution in [0.25, 0.3) is 5.69 Å². The SMILES string of the molecule is Cc1c(CC(=O)NC2CCNC2)nnn1-c1ccccc1. The molecule has 1 aromatic heterocycles. The zero-order valence-electron chi connectivity index (χ0n) is 12.0. The first-order chi connectivity index (χ1) is 10.2. The minimum atomic E-state index is 0.00640. The molecule has 21 heavy (non-hydrogen) atoms. The fraction of sp³-hybridized carbons (Fsp3) is 0.400. The molecule has 0 saturated carbocycles. The summed E-state index contributed by atoms with van der Waals surface area (Å²) in [5.74, 6) is 0.00640. The van der Waals surface area contributed by atoms with E-state index in [0.717, 1.165) is 36.6 Å². The van der Waals surface area contributed by atoms with Crippen LogP contribution in [0.2, 0.25) is 0 Å². The Morgan fingerprint density at radius 1 is 1.43 bits per heavy atom. The molecule has 1 atom stereocenters. The largest absolute Gasteiger partial charge is 0.352 e. The molecular weight excluding hydrogens is 266 g/mol. The number of para-hydroxylation sites is 1. The predicted octanol–water partition coefficient (Wildman–Crippen LogP) is 0.596. The van der Waals surface area contributed by atoms with Crippen molar-refractivity contribution in [2.75, 3.05) is 13.1 Å². The van der Waals surface area contributed by atoms with Crippen molar-refractivity contribution in [1.82, 2.24) is 25.6 Å². The van der Waals surface area contributed by atoms with Crippen LogP contribution in [0.5, 0.6) is 0 Å². The van der Waals surface area contributed by atoms with Gasteiger partial charge in [0.15, 0.2) is 0 Å². The van der Waals surface area contributed by atoms with E-state index in [1.54, 1.807) is 4.68 Å². The molecule has 1 aliphatic heterocycles. The highest BCUT2D eigenvalue weighted by Gasteiger charge is 2.19. The molecule has 110 valence electrons. The number of nitrogens with zero attached hydrogens (tertiary/aromatic N) is 3. The van der Waals surface area contributed by atoms with Gasteiger partial charge in [-0.25, -0.2) is 4.68 Å². The van der Waals surface area contributed by atoms with Gasteiger partial charge in [-0.15, -0.1) is 5.10 Å². The summed E-state index contributed by atoms with van der Waals surface area (Å²) in [7, 11) is 0. The molecule has 0 radical (unpaired) electrons. The van der Waals surface area contributed by atoms with E-state index in [2.05, 4.69) is 20.9 Å². The topological polar surface area (TPSA) is 71.8 Å². The van der Waals surface area contributed by atoms with Crippen molar-refractivity contribution >= 4 is 5.91 Å². The van der Waals surface area contributed by atoms with Gasteiger partial charge >= 0.3 is 0 Å². The lowest BCUT2D eigenvalue weighted by atomic mass is 10.2. The van der Waals surface area contributed by atoms with Gasteiger partial charge in [-0.2, -0.15) is 0 Å². The number of rotatable bonds is 4. The van der Waals surface area contributed by atoms with Crippen molar-refractivity contribution in [3.8, 4) is 5.69 Å². The molecule has 2 N–H and O–H groups in total. The van der Waals surface area contributed by atoms with Gasteiger partial charge in [0.2, 0.25) is 5.91 Å². The lowest BCUT2D eigenvalue weighted by Crippen LogP contribution is -2.37. The maximum Gasteiger partial charge on any atom is 0.226 e. The molecule has 1 saturated heterocycles. The molecule has 6 nitrogen and oxygen atoms in total. The maximum atomic E-state index is 12.1. The van der Waals surface area contributed by atoms with Crippen molar-refractivity contribution in [3.05, 3.63) is 41.7 Å². The number of hydrogen-bond donors (Lipinski definition) is 2. The van der Waals surface area contributed by atoms with E-state index in [4.69, 9.17) is 0 Å². The van der Waals surface area contributed by atoms with E-state index in [9.17, 15) is 4.79 Å². The highest BCUT2D eigenvalue weighted by Crippen LogP contribution is 2.12. The Hall–Kier alpha value is -2.21. The van der Waals surface area contributed by atoms with Crippen LogP contribution in [-0.2, 0) is 11.2 Å². The standard InChI is InChI=1S/C15H19N5O/c1-11-14(9-15(21)17-12-7-8-16-10-12)18-19-20(11)13-5-3-2-4-6-13/h2-6,12,16H,7-10H2,1H3,(H,17,21). The van der Waals surface area contributed by atoms with Crippen LogP contribution in [0.3, 0.4) is 0 Å². The summed E-state index contributed by atoms with van der Waals surface area (Å²) in [5, 5.41) is 14.5. The molecule has 0 spiro atoms.